The molecule has 3 heterocycles. The summed E-state index contributed by atoms with van der Waals surface area (Å²) in [7, 11) is 0. The fraction of sp³-hybridized carbons (Fsp3) is 0.209. The highest BCUT2D eigenvalue weighted by Gasteiger charge is 2.47. The maximum absolute atomic E-state index is 14.7. The first-order valence-electron chi connectivity index (χ1n) is 17.3. The van der Waals surface area contributed by atoms with Gasteiger partial charge < -0.3 is 19.8 Å². The van der Waals surface area contributed by atoms with Crippen LogP contribution in [0.3, 0.4) is 0 Å². The quantitative estimate of drug-likeness (QED) is 0.173. The number of benzene rings is 5. The molecule has 1 aliphatic rings. The van der Waals surface area contributed by atoms with E-state index in [0.29, 0.717) is 5.56 Å². The van der Waals surface area contributed by atoms with E-state index in [4.69, 9.17) is 0 Å². The number of hydrogen-bond donors (Lipinski definition) is 2. The molecule has 8 rings (SSSR count). The van der Waals surface area contributed by atoms with Gasteiger partial charge >= 0.3 is 0 Å². The number of hydrogen-bond acceptors (Lipinski definition) is 2. The number of aromatic amines is 1. The van der Waals surface area contributed by atoms with Crippen molar-refractivity contribution < 1.29 is 9.59 Å². The van der Waals surface area contributed by atoms with E-state index in [1.165, 1.54) is 11.1 Å². The molecule has 49 heavy (non-hydrogen) atoms. The predicted octanol–water partition coefficient (Wildman–Crippen LogP) is 9.87. The zero-order valence-corrected chi connectivity index (χ0v) is 28.3. The molecule has 2 amide bonds. The van der Waals surface area contributed by atoms with Crippen LogP contribution in [-0.2, 0) is 11.3 Å². The first kappa shape index (κ1) is 30.7. The number of nitrogens with zero attached hydrogens (tertiary/aromatic N) is 2. The predicted molar refractivity (Wildman–Crippen MR) is 200 cm³/mol. The third-order valence-corrected chi connectivity index (χ3v) is 10.5. The molecule has 1 aliphatic heterocycles. The Morgan fingerprint density at radius 2 is 1.51 bits per heavy atom. The van der Waals surface area contributed by atoms with Gasteiger partial charge in [0.05, 0.1) is 11.7 Å². The summed E-state index contributed by atoms with van der Waals surface area (Å²) < 4.78 is 2.30. The maximum atomic E-state index is 14.7. The number of carbonyl (C=O) groups is 2. The van der Waals surface area contributed by atoms with Gasteiger partial charge in [-0.1, -0.05) is 105 Å². The summed E-state index contributed by atoms with van der Waals surface area (Å²) in [6.45, 7) is 9.24. The van der Waals surface area contributed by atoms with Crippen LogP contribution in [0.5, 0.6) is 0 Å². The minimum absolute atomic E-state index is 0.112. The molecule has 2 aromatic heterocycles. The molecule has 3 unspecified atom stereocenters. The Bertz CT molecular complexity index is 2380. The summed E-state index contributed by atoms with van der Waals surface area (Å²) in [5, 5.41) is 6.56. The Balaban J connectivity index is 1.27. The van der Waals surface area contributed by atoms with Crippen molar-refractivity contribution in [3.8, 4) is 11.3 Å². The molecule has 0 aliphatic carbocycles. The lowest BCUT2D eigenvalue weighted by Gasteiger charge is -2.36. The molecule has 0 bridgehead atoms. The Hall–Kier alpha value is -5.62. The molecule has 244 valence electrons. The highest BCUT2D eigenvalue weighted by molar-refractivity contribution is 6.11. The van der Waals surface area contributed by atoms with Gasteiger partial charge in [0.25, 0.3) is 5.91 Å². The lowest BCUT2D eigenvalue weighted by Crippen LogP contribution is -2.50. The maximum Gasteiger partial charge on any atom is 0.255 e. The van der Waals surface area contributed by atoms with Crippen LogP contribution in [0.1, 0.15) is 60.3 Å². The normalized spacial score (nSPS) is 15.6. The second kappa shape index (κ2) is 12.1. The van der Waals surface area contributed by atoms with Crippen molar-refractivity contribution in [3.05, 3.63) is 138 Å². The summed E-state index contributed by atoms with van der Waals surface area (Å²) >= 11 is 0. The smallest absolute Gasteiger partial charge is 0.255 e. The first-order chi connectivity index (χ1) is 23.9. The van der Waals surface area contributed by atoms with Gasteiger partial charge in [-0.15, -0.1) is 0 Å². The Morgan fingerprint density at radius 3 is 2.29 bits per heavy atom. The van der Waals surface area contributed by atoms with Crippen LogP contribution in [0.15, 0.2) is 115 Å². The largest absolute Gasteiger partial charge is 0.354 e. The van der Waals surface area contributed by atoms with Gasteiger partial charge in [0.1, 0.15) is 6.04 Å². The van der Waals surface area contributed by atoms with Crippen molar-refractivity contribution in [2.24, 2.45) is 5.92 Å². The SMILES string of the molecule is CCC(C)C(C(=O)Nc1ccc2c(c1)c1ccccc1n2CC)N1C(=O)c2ccccc2C1c1c(-c2ccc(C)cc2)[nH]c2ccccc12. The molecular weight excluding hydrogens is 604 g/mol. The second-order valence-electron chi connectivity index (χ2n) is 13.3. The average Bonchev–Trinajstić information content (AvgIpc) is 3.76. The summed E-state index contributed by atoms with van der Waals surface area (Å²) in [6.07, 6.45) is 0.729. The fourth-order valence-electron chi connectivity index (χ4n) is 7.88. The lowest BCUT2D eigenvalue weighted by molar-refractivity contribution is -0.122. The van der Waals surface area contributed by atoms with E-state index < -0.39 is 12.1 Å². The standard InChI is InChI=1S/C43H40N4O2/c1-5-27(4)40(42(48)44-29-23-24-37-34(25-29)30-13-10-12-18-36(30)46(37)6-2)47-41(31-14-7-8-15-32(31)43(47)49)38-33-16-9-11-17-35(33)45-39(38)28-21-19-26(3)20-22-28/h7-25,27,40-41,45H,5-6H2,1-4H3,(H,44,48). The number of anilines is 1. The van der Waals surface area contributed by atoms with Crippen molar-refractivity contribution in [2.45, 2.75) is 52.7 Å². The molecule has 3 atom stereocenters. The number of H-pyrrole nitrogens is 1. The average molecular weight is 645 g/mol. The van der Waals surface area contributed by atoms with Crippen LogP contribution in [0.25, 0.3) is 44.0 Å². The highest BCUT2D eigenvalue weighted by atomic mass is 16.2. The topological polar surface area (TPSA) is 70.1 Å². The van der Waals surface area contributed by atoms with Gasteiger partial charge in [0, 0.05) is 56.1 Å². The molecule has 0 radical (unpaired) electrons. The molecule has 6 heteroatoms. The van der Waals surface area contributed by atoms with E-state index in [9.17, 15) is 9.59 Å². The number of nitrogens with one attached hydrogen (secondary N) is 2. The number of fused-ring (bicyclic) bond motifs is 5. The minimum atomic E-state index is -0.720. The molecular formula is C43H40N4O2. The van der Waals surface area contributed by atoms with Crippen LogP contribution in [0.4, 0.5) is 5.69 Å². The number of aryl methyl sites for hydroxylation is 2. The van der Waals surface area contributed by atoms with Crippen LogP contribution in [-0.4, -0.2) is 32.3 Å². The Morgan fingerprint density at radius 1 is 0.816 bits per heavy atom. The highest BCUT2D eigenvalue weighted by Crippen LogP contribution is 2.47. The Labute approximate surface area is 286 Å². The molecule has 0 fully saturated rings. The number of carbonyl (C=O) groups excluding carboxylic acids is 2. The molecule has 0 spiro atoms. The minimum Gasteiger partial charge on any atom is -0.354 e. The van der Waals surface area contributed by atoms with Gasteiger partial charge in [-0.05, 0) is 67.3 Å². The number of aromatic nitrogens is 2. The molecule has 6 nitrogen and oxygen atoms in total. The van der Waals surface area contributed by atoms with E-state index in [-0.39, 0.29) is 17.7 Å². The van der Waals surface area contributed by atoms with Crippen LogP contribution in [0.2, 0.25) is 0 Å². The van der Waals surface area contributed by atoms with Crippen molar-refractivity contribution in [1.82, 2.24) is 14.5 Å². The van der Waals surface area contributed by atoms with Crippen molar-refractivity contribution >= 4 is 50.2 Å². The van der Waals surface area contributed by atoms with E-state index in [0.717, 1.165) is 68.2 Å². The number of rotatable bonds is 8. The van der Waals surface area contributed by atoms with E-state index in [2.05, 4.69) is 115 Å². The first-order valence-corrected chi connectivity index (χ1v) is 17.3. The summed E-state index contributed by atoms with van der Waals surface area (Å²) in [4.78, 5) is 34.9. The lowest BCUT2D eigenvalue weighted by atomic mass is 9.90. The summed E-state index contributed by atoms with van der Waals surface area (Å²) in [5.41, 5.74) is 9.76. The molecule has 2 N–H and O–H groups in total. The van der Waals surface area contributed by atoms with Crippen molar-refractivity contribution in [2.75, 3.05) is 5.32 Å². The summed E-state index contributed by atoms with van der Waals surface area (Å²) in [6, 6.07) is 37.9. The van der Waals surface area contributed by atoms with Gasteiger partial charge in [-0.25, -0.2) is 0 Å². The van der Waals surface area contributed by atoms with E-state index in [1.54, 1.807) is 0 Å². The summed E-state index contributed by atoms with van der Waals surface area (Å²) in [5.74, 6) is -0.419. The van der Waals surface area contributed by atoms with Gasteiger partial charge in [0.2, 0.25) is 5.91 Å². The fourth-order valence-corrected chi connectivity index (χ4v) is 7.88. The third-order valence-electron chi connectivity index (χ3n) is 10.5. The number of para-hydroxylation sites is 2. The molecule has 0 saturated carbocycles. The van der Waals surface area contributed by atoms with Crippen molar-refractivity contribution in [3.63, 3.8) is 0 Å². The molecule has 5 aromatic carbocycles. The van der Waals surface area contributed by atoms with E-state index in [1.807, 2.05) is 47.4 Å². The Kier molecular flexibility index (Phi) is 7.59. The zero-order valence-electron chi connectivity index (χ0n) is 28.3. The van der Waals surface area contributed by atoms with Gasteiger partial charge in [-0.3, -0.25) is 9.59 Å². The molecule has 0 saturated heterocycles. The monoisotopic (exact) mass is 644 g/mol. The third kappa shape index (κ3) is 4.93. The molecule has 7 aromatic rings. The second-order valence-corrected chi connectivity index (χ2v) is 13.3. The van der Waals surface area contributed by atoms with Gasteiger partial charge in [0.15, 0.2) is 0 Å². The zero-order chi connectivity index (χ0) is 33.8. The van der Waals surface area contributed by atoms with Crippen LogP contribution >= 0.6 is 0 Å². The van der Waals surface area contributed by atoms with Crippen LogP contribution < -0.4 is 5.32 Å². The van der Waals surface area contributed by atoms with Crippen molar-refractivity contribution in [1.29, 1.82) is 0 Å². The van der Waals surface area contributed by atoms with E-state index >= 15 is 0 Å². The van der Waals surface area contributed by atoms with Crippen LogP contribution in [0, 0.1) is 12.8 Å². The number of amides is 2. The van der Waals surface area contributed by atoms with Gasteiger partial charge in [-0.2, -0.15) is 0 Å².